The van der Waals surface area contributed by atoms with Crippen molar-refractivity contribution in [3.63, 3.8) is 0 Å². The second-order valence-corrected chi connectivity index (χ2v) is 6.12. The Kier molecular flexibility index (Phi) is 3.60. The Morgan fingerprint density at radius 3 is 3.00 bits per heavy atom. The number of hydrogen-bond donors (Lipinski definition) is 2. The van der Waals surface area contributed by atoms with Gasteiger partial charge in [0.25, 0.3) is 0 Å². The molecule has 0 bridgehead atoms. The van der Waals surface area contributed by atoms with Crippen molar-refractivity contribution in [2.75, 3.05) is 17.6 Å². The molecule has 0 radical (unpaired) electrons. The molecule has 3 N–H and O–H groups in total. The standard InChI is InChI=1S/C13H13ClN4OS/c14-8-3-1-2-4-9(8)16-12(19)7-18-5-10-11(6-18)20-13(15)17-10/h1-4H,5-7H2,(H2,15,17)(H,16,19). The van der Waals surface area contributed by atoms with Crippen molar-refractivity contribution >= 4 is 39.7 Å². The van der Waals surface area contributed by atoms with Gasteiger partial charge in [0.15, 0.2) is 5.13 Å². The normalized spacial score (nSPS) is 14.2. The quantitative estimate of drug-likeness (QED) is 0.913. The topological polar surface area (TPSA) is 71.2 Å². The Morgan fingerprint density at radius 1 is 1.45 bits per heavy atom. The SMILES string of the molecule is Nc1nc2c(s1)CN(CC(=O)Nc1ccccc1Cl)C2. The second kappa shape index (κ2) is 5.40. The molecular formula is C13H13ClN4OS. The van der Waals surface area contributed by atoms with Crippen LogP contribution in [0.5, 0.6) is 0 Å². The lowest BCUT2D eigenvalue weighted by Crippen LogP contribution is -2.29. The van der Waals surface area contributed by atoms with E-state index >= 15 is 0 Å². The fourth-order valence-electron chi connectivity index (χ4n) is 2.19. The van der Waals surface area contributed by atoms with E-state index in [2.05, 4.69) is 10.3 Å². The average molecular weight is 309 g/mol. The number of amides is 1. The van der Waals surface area contributed by atoms with Gasteiger partial charge in [0.2, 0.25) is 5.91 Å². The molecule has 0 spiro atoms. The lowest BCUT2D eigenvalue weighted by atomic mass is 10.3. The van der Waals surface area contributed by atoms with E-state index < -0.39 is 0 Å². The van der Waals surface area contributed by atoms with Gasteiger partial charge >= 0.3 is 0 Å². The number of nitrogens with zero attached hydrogens (tertiary/aromatic N) is 2. The molecule has 2 aromatic rings. The minimum Gasteiger partial charge on any atom is -0.375 e. The number of carbonyl (C=O) groups excluding carboxylic acids is 1. The Hall–Kier alpha value is -1.63. The third-order valence-corrected chi connectivity index (χ3v) is 4.29. The van der Waals surface area contributed by atoms with Gasteiger partial charge in [-0.15, -0.1) is 11.3 Å². The zero-order chi connectivity index (χ0) is 14.1. The van der Waals surface area contributed by atoms with Gasteiger partial charge in [-0.2, -0.15) is 0 Å². The summed E-state index contributed by atoms with van der Waals surface area (Å²) in [7, 11) is 0. The average Bonchev–Trinajstić information content (AvgIpc) is 2.88. The Labute approximate surface area is 125 Å². The number of anilines is 2. The first-order valence-corrected chi connectivity index (χ1v) is 7.32. The number of nitrogens with one attached hydrogen (secondary N) is 1. The van der Waals surface area contributed by atoms with Crippen molar-refractivity contribution in [3.05, 3.63) is 39.9 Å². The maximum atomic E-state index is 12.0. The third kappa shape index (κ3) is 2.77. The number of fused-ring (bicyclic) bond motifs is 1. The van der Waals surface area contributed by atoms with E-state index in [1.54, 1.807) is 12.1 Å². The maximum absolute atomic E-state index is 12.0. The van der Waals surface area contributed by atoms with Gasteiger partial charge in [0, 0.05) is 18.0 Å². The Balaban J connectivity index is 1.58. The van der Waals surface area contributed by atoms with Crippen LogP contribution in [0.3, 0.4) is 0 Å². The summed E-state index contributed by atoms with van der Waals surface area (Å²) < 4.78 is 0. The summed E-state index contributed by atoms with van der Waals surface area (Å²) in [5, 5.41) is 3.94. The number of para-hydroxylation sites is 1. The van der Waals surface area contributed by atoms with Crippen LogP contribution < -0.4 is 11.1 Å². The van der Waals surface area contributed by atoms with Gasteiger partial charge in [-0.3, -0.25) is 9.69 Å². The summed E-state index contributed by atoms with van der Waals surface area (Å²) in [6.45, 7) is 1.70. The summed E-state index contributed by atoms with van der Waals surface area (Å²) in [6.07, 6.45) is 0. The number of hydrogen-bond acceptors (Lipinski definition) is 5. The van der Waals surface area contributed by atoms with Gasteiger partial charge < -0.3 is 11.1 Å². The van der Waals surface area contributed by atoms with E-state index in [0.717, 1.165) is 17.1 Å². The van der Waals surface area contributed by atoms with Crippen molar-refractivity contribution in [3.8, 4) is 0 Å². The molecule has 0 saturated carbocycles. The minimum atomic E-state index is -0.0822. The highest BCUT2D eigenvalue weighted by atomic mass is 35.5. The Morgan fingerprint density at radius 2 is 2.25 bits per heavy atom. The number of nitrogen functional groups attached to an aromatic ring is 1. The predicted molar refractivity (Wildman–Crippen MR) is 80.7 cm³/mol. The second-order valence-electron chi connectivity index (χ2n) is 4.60. The third-order valence-electron chi connectivity index (χ3n) is 3.05. The van der Waals surface area contributed by atoms with Gasteiger partial charge in [-0.05, 0) is 12.1 Å². The molecule has 104 valence electrons. The molecule has 2 heterocycles. The van der Waals surface area contributed by atoms with Crippen molar-refractivity contribution in [2.45, 2.75) is 13.1 Å². The van der Waals surface area contributed by atoms with Crippen molar-refractivity contribution in [1.29, 1.82) is 0 Å². The van der Waals surface area contributed by atoms with Gasteiger partial charge in [-0.1, -0.05) is 23.7 Å². The lowest BCUT2D eigenvalue weighted by Gasteiger charge is -2.14. The highest BCUT2D eigenvalue weighted by molar-refractivity contribution is 7.15. The fourth-order valence-corrected chi connectivity index (χ4v) is 3.25. The zero-order valence-electron chi connectivity index (χ0n) is 10.6. The first-order chi connectivity index (χ1) is 9.61. The van der Waals surface area contributed by atoms with E-state index in [1.807, 2.05) is 17.0 Å². The van der Waals surface area contributed by atoms with Crippen LogP contribution in [-0.4, -0.2) is 22.3 Å². The fraction of sp³-hybridized carbons (Fsp3) is 0.231. The van der Waals surface area contributed by atoms with Crippen LogP contribution in [0.15, 0.2) is 24.3 Å². The molecule has 0 unspecified atom stereocenters. The number of halogens is 1. The van der Waals surface area contributed by atoms with Gasteiger partial charge in [0.05, 0.1) is 22.9 Å². The van der Waals surface area contributed by atoms with E-state index in [1.165, 1.54) is 11.3 Å². The van der Waals surface area contributed by atoms with Crippen molar-refractivity contribution in [2.24, 2.45) is 0 Å². The molecule has 3 rings (SSSR count). The summed E-state index contributed by atoms with van der Waals surface area (Å²) in [4.78, 5) is 19.4. The molecule has 20 heavy (non-hydrogen) atoms. The highest BCUT2D eigenvalue weighted by Gasteiger charge is 2.24. The molecular weight excluding hydrogens is 296 g/mol. The smallest absolute Gasteiger partial charge is 0.238 e. The molecule has 0 saturated heterocycles. The predicted octanol–water partition coefficient (Wildman–Crippen LogP) is 2.33. The molecule has 1 aromatic carbocycles. The molecule has 5 nitrogen and oxygen atoms in total. The summed E-state index contributed by atoms with van der Waals surface area (Å²) in [6, 6.07) is 7.19. The molecule has 1 aliphatic rings. The largest absolute Gasteiger partial charge is 0.375 e. The first-order valence-electron chi connectivity index (χ1n) is 6.12. The number of nitrogens with two attached hydrogens (primary N) is 1. The minimum absolute atomic E-state index is 0.0822. The number of rotatable bonds is 3. The molecule has 1 aromatic heterocycles. The van der Waals surface area contributed by atoms with E-state index in [-0.39, 0.29) is 5.91 Å². The molecule has 7 heteroatoms. The first kappa shape index (κ1) is 13.4. The summed E-state index contributed by atoms with van der Waals surface area (Å²) >= 11 is 7.49. The van der Waals surface area contributed by atoms with Crippen LogP contribution in [0.2, 0.25) is 5.02 Å². The van der Waals surface area contributed by atoms with Crippen LogP contribution in [0.4, 0.5) is 10.8 Å². The molecule has 1 amide bonds. The number of benzene rings is 1. The number of aromatic nitrogens is 1. The summed E-state index contributed by atoms with van der Waals surface area (Å²) in [5.41, 5.74) is 7.27. The molecule has 1 aliphatic heterocycles. The maximum Gasteiger partial charge on any atom is 0.238 e. The van der Waals surface area contributed by atoms with E-state index in [4.69, 9.17) is 17.3 Å². The zero-order valence-corrected chi connectivity index (χ0v) is 12.2. The van der Waals surface area contributed by atoms with E-state index in [0.29, 0.717) is 28.9 Å². The number of thiazole rings is 1. The number of carbonyl (C=O) groups is 1. The van der Waals surface area contributed by atoms with Gasteiger partial charge in [0.1, 0.15) is 0 Å². The lowest BCUT2D eigenvalue weighted by molar-refractivity contribution is -0.117. The molecule has 0 atom stereocenters. The Bertz CT molecular complexity index is 634. The van der Waals surface area contributed by atoms with Crippen LogP contribution in [0, 0.1) is 0 Å². The van der Waals surface area contributed by atoms with E-state index in [9.17, 15) is 4.79 Å². The molecule has 0 fully saturated rings. The van der Waals surface area contributed by atoms with Gasteiger partial charge in [-0.25, -0.2) is 4.98 Å². The van der Waals surface area contributed by atoms with Crippen LogP contribution >= 0.6 is 22.9 Å². The van der Waals surface area contributed by atoms with Crippen LogP contribution in [-0.2, 0) is 17.9 Å². The van der Waals surface area contributed by atoms with Crippen molar-refractivity contribution in [1.82, 2.24) is 9.88 Å². The van der Waals surface area contributed by atoms with Crippen LogP contribution in [0.1, 0.15) is 10.6 Å². The highest BCUT2D eigenvalue weighted by Crippen LogP contribution is 2.29. The van der Waals surface area contributed by atoms with Crippen LogP contribution in [0.25, 0.3) is 0 Å². The summed E-state index contributed by atoms with van der Waals surface area (Å²) in [5.74, 6) is -0.0822. The van der Waals surface area contributed by atoms with Crippen molar-refractivity contribution < 1.29 is 4.79 Å². The monoisotopic (exact) mass is 308 g/mol. The molecule has 0 aliphatic carbocycles.